The molecule has 31 heavy (non-hydrogen) atoms. The van der Waals surface area contributed by atoms with E-state index in [1.54, 1.807) is 13.8 Å². The number of anilines is 1. The lowest BCUT2D eigenvalue weighted by Gasteiger charge is -2.19. The third-order valence-electron chi connectivity index (χ3n) is 4.32. The van der Waals surface area contributed by atoms with Crippen molar-refractivity contribution in [2.24, 2.45) is 0 Å². The number of rotatable bonds is 8. The van der Waals surface area contributed by atoms with Crippen LogP contribution in [-0.4, -0.2) is 51.3 Å². The fourth-order valence-corrected chi connectivity index (χ4v) is 5.03. The Balaban J connectivity index is 2.49. The van der Waals surface area contributed by atoms with Gasteiger partial charge < -0.3 is 5.32 Å². The average molecular weight is 490 g/mol. The van der Waals surface area contributed by atoms with Gasteiger partial charge in [0.1, 0.15) is 0 Å². The smallest absolute Gasteiger partial charge is 0.271 e. The number of amides is 1. The second-order valence-electron chi connectivity index (χ2n) is 6.43. The van der Waals surface area contributed by atoms with Crippen molar-refractivity contribution in [1.82, 2.24) is 4.31 Å². The standard InChI is InChI=1S/C18H20ClN3O7S2/c1-4-21(5-2)31(28,29)14-6-7-16(19)17(11-14)20-18(23)12-8-13(22(24)25)10-15(9-12)30(3,26)27/h6-11H,4-5H2,1-3H3,(H,20,23). The van der Waals surface area contributed by atoms with Crippen molar-refractivity contribution in [2.45, 2.75) is 23.6 Å². The monoisotopic (exact) mass is 489 g/mol. The zero-order valence-electron chi connectivity index (χ0n) is 16.8. The molecule has 0 aliphatic heterocycles. The Bertz CT molecular complexity index is 1240. The van der Waals surface area contributed by atoms with Gasteiger partial charge in [-0.2, -0.15) is 4.31 Å². The Kier molecular flexibility index (Phi) is 7.42. The Labute approximate surface area is 184 Å². The Morgan fingerprint density at radius 3 is 2.19 bits per heavy atom. The first-order valence-corrected chi connectivity index (χ1v) is 12.6. The van der Waals surface area contributed by atoms with E-state index in [0.29, 0.717) is 0 Å². The van der Waals surface area contributed by atoms with E-state index in [0.717, 1.165) is 24.5 Å². The molecule has 0 aromatic heterocycles. The van der Waals surface area contributed by atoms with E-state index in [9.17, 15) is 31.7 Å². The molecule has 0 spiro atoms. The van der Waals surface area contributed by atoms with Crippen molar-refractivity contribution in [3.63, 3.8) is 0 Å². The lowest BCUT2D eigenvalue weighted by Crippen LogP contribution is -2.30. The number of sulfonamides is 1. The molecule has 0 saturated heterocycles. The number of nitrogens with one attached hydrogen (secondary N) is 1. The van der Waals surface area contributed by atoms with Gasteiger partial charge in [-0.25, -0.2) is 16.8 Å². The van der Waals surface area contributed by atoms with Crippen molar-refractivity contribution < 1.29 is 26.6 Å². The van der Waals surface area contributed by atoms with Gasteiger partial charge in [0.2, 0.25) is 10.0 Å². The molecule has 0 aliphatic carbocycles. The van der Waals surface area contributed by atoms with Gasteiger partial charge in [-0.1, -0.05) is 25.4 Å². The maximum absolute atomic E-state index is 12.7. The van der Waals surface area contributed by atoms with Crippen LogP contribution in [0.25, 0.3) is 0 Å². The zero-order valence-corrected chi connectivity index (χ0v) is 19.2. The number of hydrogen-bond acceptors (Lipinski definition) is 7. The largest absolute Gasteiger partial charge is 0.321 e. The fraction of sp³-hybridized carbons (Fsp3) is 0.278. The number of nitrogens with zero attached hydrogens (tertiary/aromatic N) is 2. The average Bonchev–Trinajstić information content (AvgIpc) is 2.69. The first-order valence-electron chi connectivity index (χ1n) is 8.91. The van der Waals surface area contributed by atoms with Gasteiger partial charge in [-0.05, 0) is 24.3 Å². The highest BCUT2D eigenvalue weighted by atomic mass is 35.5. The summed E-state index contributed by atoms with van der Waals surface area (Å²) in [6.45, 7) is 3.85. The molecule has 0 unspecified atom stereocenters. The second-order valence-corrected chi connectivity index (χ2v) is 10.8. The summed E-state index contributed by atoms with van der Waals surface area (Å²) in [5.41, 5.74) is -0.938. The van der Waals surface area contributed by atoms with Crippen LogP contribution in [0.15, 0.2) is 46.2 Å². The highest BCUT2D eigenvalue weighted by molar-refractivity contribution is 7.90. The van der Waals surface area contributed by atoms with E-state index in [1.807, 2.05) is 0 Å². The van der Waals surface area contributed by atoms with Crippen LogP contribution in [0.5, 0.6) is 0 Å². The predicted molar refractivity (Wildman–Crippen MR) is 116 cm³/mol. The molecule has 2 rings (SSSR count). The number of sulfone groups is 1. The molecule has 0 aliphatic rings. The van der Waals surface area contributed by atoms with Gasteiger partial charge in [0.15, 0.2) is 9.84 Å². The van der Waals surface area contributed by atoms with Crippen LogP contribution < -0.4 is 5.32 Å². The lowest BCUT2D eigenvalue weighted by molar-refractivity contribution is -0.385. The topological polar surface area (TPSA) is 144 Å². The molecule has 1 N–H and O–H groups in total. The highest BCUT2D eigenvalue weighted by Crippen LogP contribution is 2.28. The quantitative estimate of drug-likeness (QED) is 0.443. The molecule has 2 aromatic rings. The van der Waals surface area contributed by atoms with Gasteiger partial charge in [0.05, 0.1) is 25.4 Å². The molecule has 10 nitrogen and oxygen atoms in total. The molecule has 0 atom stereocenters. The van der Waals surface area contributed by atoms with Crippen molar-refractivity contribution in [3.05, 3.63) is 57.1 Å². The van der Waals surface area contributed by atoms with E-state index in [2.05, 4.69) is 5.32 Å². The maximum atomic E-state index is 12.7. The Hall–Kier alpha value is -2.54. The van der Waals surface area contributed by atoms with E-state index in [1.165, 1.54) is 22.5 Å². The van der Waals surface area contributed by atoms with Gasteiger partial charge in [0, 0.05) is 37.0 Å². The molecular formula is C18H20ClN3O7S2. The van der Waals surface area contributed by atoms with E-state index >= 15 is 0 Å². The first-order chi connectivity index (χ1) is 14.3. The molecule has 0 bridgehead atoms. The summed E-state index contributed by atoms with van der Waals surface area (Å²) in [5.74, 6) is -0.895. The van der Waals surface area contributed by atoms with Crippen LogP contribution in [0, 0.1) is 10.1 Å². The van der Waals surface area contributed by atoms with Gasteiger partial charge in [-0.15, -0.1) is 0 Å². The number of hydrogen-bond donors (Lipinski definition) is 1. The molecule has 0 heterocycles. The molecule has 0 radical (unpaired) electrons. The highest BCUT2D eigenvalue weighted by Gasteiger charge is 2.24. The summed E-state index contributed by atoms with van der Waals surface area (Å²) < 4.78 is 50.3. The molecule has 0 fully saturated rings. The number of carbonyl (C=O) groups excluding carboxylic acids is 1. The predicted octanol–water partition coefficient (Wildman–Crippen LogP) is 2.93. The lowest BCUT2D eigenvalue weighted by atomic mass is 10.2. The number of carbonyl (C=O) groups is 1. The first kappa shape index (κ1) is 24.7. The van der Waals surface area contributed by atoms with E-state index in [4.69, 9.17) is 11.6 Å². The van der Waals surface area contributed by atoms with Crippen LogP contribution in [-0.2, 0) is 19.9 Å². The number of halogens is 1. The molecular weight excluding hydrogens is 470 g/mol. The number of nitro groups is 1. The maximum Gasteiger partial charge on any atom is 0.271 e. The Morgan fingerprint density at radius 2 is 1.68 bits per heavy atom. The van der Waals surface area contributed by atoms with Crippen LogP contribution in [0.2, 0.25) is 5.02 Å². The molecule has 0 saturated carbocycles. The van der Waals surface area contributed by atoms with E-state index < -0.39 is 41.3 Å². The minimum atomic E-state index is -3.83. The summed E-state index contributed by atoms with van der Waals surface area (Å²) in [4.78, 5) is 22.5. The molecule has 13 heteroatoms. The zero-order chi connectivity index (χ0) is 23.6. The van der Waals surface area contributed by atoms with E-state index in [-0.39, 0.29) is 34.3 Å². The van der Waals surface area contributed by atoms with Crippen molar-refractivity contribution in [1.29, 1.82) is 0 Å². The van der Waals surface area contributed by atoms with Crippen molar-refractivity contribution >= 4 is 48.7 Å². The third-order valence-corrected chi connectivity index (χ3v) is 7.79. The van der Waals surface area contributed by atoms with Gasteiger partial charge >= 0.3 is 0 Å². The molecule has 2 aromatic carbocycles. The minimum Gasteiger partial charge on any atom is -0.321 e. The second kappa shape index (κ2) is 9.30. The van der Waals surface area contributed by atoms with Gasteiger partial charge in [-0.3, -0.25) is 14.9 Å². The fourth-order valence-electron chi connectivity index (χ4n) is 2.70. The van der Waals surface area contributed by atoms with Crippen LogP contribution in [0.4, 0.5) is 11.4 Å². The van der Waals surface area contributed by atoms with Crippen molar-refractivity contribution in [3.8, 4) is 0 Å². The number of non-ortho nitro benzene ring substituents is 1. The van der Waals surface area contributed by atoms with Crippen molar-refractivity contribution in [2.75, 3.05) is 24.7 Å². The summed E-state index contributed by atoms with van der Waals surface area (Å²) in [7, 11) is -7.66. The van der Waals surface area contributed by atoms with Crippen LogP contribution >= 0.6 is 11.6 Å². The Morgan fingerprint density at radius 1 is 1.06 bits per heavy atom. The summed E-state index contributed by atoms with van der Waals surface area (Å²) in [6, 6.07) is 6.50. The number of nitro benzene ring substituents is 1. The third kappa shape index (κ3) is 5.58. The molecule has 168 valence electrons. The summed E-state index contributed by atoms with van der Waals surface area (Å²) >= 11 is 6.08. The number of benzene rings is 2. The molecule has 1 amide bonds. The van der Waals surface area contributed by atoms with Crippen LogP contribution in [0.1, 0.15) is 24.2 Å². The SMILES string of the molecule is CCN(CC)S(=O)(=O)c1ccc(Cl)c(NC(=O)c2cc([N+](=O)[O-])cc(S(C)(=O)=O)c2)c1. The summed E-state index contributed by atoms with van der Waals surface area (Å²) in [5, 5.41) is 13.5. The summed E-state index contributed by atoms with van der Waals surface area (Å²) in [6.07, 6.45) is 0.853. The van der Waals surface area contributed by atoms with Crippen LogP contribution in [0.3, 0.4) is 0 Å². The van der Waals surface area contributed by atoms with Gasteiger partial charge in [0.25, 0.3) is 11.6 Å². The normalized spacial score (nSPS) is 12.0. The minimum absolute atomic E-state index is 0.0283.